The monoisotopic (exact) mass is 570 g/mol. The predicted octanol–water partition coefficient (Wildman–Crippen LogP) is 3.55. The second kappa shape index (κ2) is 11.7. The summed E-state index contributed by atoms with van der Waals surface area (Å²) in [4.78, 5) is 12.9. The van der Waals surface area contributed by atoms with E-state index in [2.05, 4.69) is 31.1 Å². The van der Waals surface area contributed by atoms with E-state index in [4.69, 9.17) is 21.3 Å². The predicted molar refractivity (Wildman–Crippen MR) is 152 cm³/mol. The van der Waals surface area contributed by atoms with Crippen LogP contribution in [0, 0.1) is 0 Å². The molecule has 12 nitrogen and oxygen atoms in total. The number of amides is 1. The van der Waals surface area contributed by atoms with Gasteiger partial charge in [0.05, 0.1) is 16.1 Å². The Morgan fingerprint density at radius 2 is 1.61 bits per heavy atom. The lowest BCUT2D eigenvalue weighted by Crippen LogP contribution is -2.73. The molecule has 5 N–H and O–H groups in total. The maximum absolute atomic E-state index is 12.9. The first-order valence-corrected chi connectivity index (χ1v) is 13.3. The Labute approximate surface area is 238 Å². The van der Waals surface area contributed by atoms with E-state index >= 15 is 0 Å². The lowest BCUT2D eigenvalue weighted by molar-refractivity contribution is -0.824. The third-order valence-corrected chi connectivity index (χ3v) is 6.93. The Bertz CT molecular complexity index is 1820. The quantitative estimate of drug-likeness (QED) is 0.110. The standard InChI is InChI=1S/C28H24ClN9O3/c29-23-22-24(17-8-3-1-4-9-17)34-38(28(22)33-32-25(23)18-10-5-2-6-11-18)16-21(39)31-15-7-14-30-19-12-13-20(35-40)27-26(19)36-41-37-27/h1-6,8-13,30,35,40H,7,14-16H2,(H,31,39)/p+1. The first kappa shape index (κ1) is 26.3. The average molecular weight is 571 g/mol. The van der Waals surface area contributed by atoms with Crippen molar-refractivity contribution in [2.24, 2.45) is 0 Å². The van der Waals surface area contributed by atoms with Gasteiger partial charge in [-0.2, -0.15) is 10.6 Å². The molecule has 0 aliphatic carbocycles. The van der Waals surface area contributed by atoms with Crippen LogP contribution in [0.5, 0.6) is 0 Å². The molecule has 206 valence electrons. The number of anilines is 1. The SMILES string of the molecule is O=C(Cn1nc(-c2ccccc2)c2c(Cl)c(-c3ccccc3)nnc21)NCCCNc1ccc([NH2+]O)c2nonc12. The molecule has 3 aromatic carbocycles. The molecule has 0 unspecified atom stereocenters. The van der Waals surface area contributed by atoms with Gasteiger partial charge in [-0.05, 0) is 22.8 Å². The third kappa shape index (κ3) is 5.31. The Kier molecular flexibility index (Phi) is 7.50. The molecule has 0 radical (unpaired) electrons. The number of nitrogens with zero attached hydrogens (tertiary/aromatic N) is 6. The summed E-state index contributed by atoms with van der Waals surface area (Å²) in [6, 6.07) is 22.7. The van der Waals surface area contributed by atoms with Crippen molar-refractivity contribution in [3.05, 3.63) is 77.8 Å². The van der Waals surface area contributed by atoms with Crippen molar-refractivity contribution in [1.82, 2.24) is 35.6 Å². The summed E-state index contributed by atoms with van der Waals surface area (Å²) in [5.74, 6) is -0.218. The number of quaternary nitrogens is 1. The normalized spacial score (nSPS) is 11.3. The van der Waals surface area contributed by atoms with Gasteiger partial charge in [0, 0.05) is 30.3 Å². The molecular weight excluding hydrogens is 546 g/mol. The zero-order valence-electron chi connectivity index (χ0n) is 21.7. The molecule has 1 amide bonds. The minimum atomic E-state index is -0.218. The lowest BCUT2D eigenvalue weighted by atomic mass is 10.1. The fraction of sp³-hybridized carbons (Fsp3) is 0.143. The van der Waals surface area contributed by atoms with Crippen LogP contribution in [-0.2, 0) is 11.3 Å². The van der Waals surface area contributed by atoms with Crippen molar-refractivity contribution >= 4 is 50.9 Å². The molecular formula is C28H25ClN9O3+. The Hall–Kier alpha value is -4.91. The van der Waals surface area contributed by atoms with Crippen LogP contribution in [-0.4, -0.2) is 54.5 Å². The Balaban J connectivity index is 1.16. The molecule has 0 aliphatic rings. The van der Waals surface area contributed by atoms with Gasteiger partial charge < -0.3 is 10.6 Å². The summed E-state index contributed by atoms with van der Waals surface area (Å²) in [5, 5.41) is 37.9. The van der Waals surface area contributed by atoms with Crippen LogP contribution in [0.25, 0.3) is 44.6 Å². The molecule has 13 heteroatoms. The molecule has 0 spiro atoms. The van der Waals surface area contributed by atoms with E-state index in [-0.39, 0.29) is 12.5 Å². The average Bonchev–Trinajstić information content (AvgIpc) is 3.64. The fourth-order valence-corrected chi connectivity index (χ4v) is 4.89. The number of halogens is 1. The second-order valence-electron chi connectivity index (χ2n) is 9.22. The minimum Gasteiger partial charge on any atom is -0.383 e. The van der Waals surface area contributed by atoms with Gasteiger partial charge in [-0.25, -0.2) is 14.5 Å². The molecule has 0 fully saturated rings. The number of rotatable bonds is 10. The molecule has 0 saturated heterocycles. The molecule has 0 atom stereocenters. The summed E-state index contributed by atoms with van der Waals surface area (Å²) < 4.78 is 6.34. The topological polar surface area (TPSA) is 160 Å². The van der Waals surface area contributed by atoms with Crippen LogP contribution in [0.3, 0.4) is 0 Å². The number of carbonyl (C=O) groups is 1. The molecule has 0 saturated carbocycles. The highest BCUT2D eigenvalue weighted by Crippen LogP contribution is 2.37. The smallest absolute Gasteiger partial charge is 0.241 e. The molecule has 0 bridgehead atoms. The first-order valence-electron chi connectivity index (χ1n) is 12.9. The minimum absolute atomic E-state index is 0.0448. The summed E-state index contributed by atoms with van der Waals surface area (Å²) in [6.45, 7) is 0.956. The van der Waals surface area contributed by atoms with Gasteiger partial charge >= 0.3 is 0 Å². The number of nitrogens with one attached hydrogen (secondary N) is 2. The van der Waals surface area contributed by atoms with Gasteiger partial charge in [0.1, 0.15) is 17.9 Å². The fourth-order valence-electron chi connectivity index (χ4n) is 4.57. The number of hydrogen-bond donors (Lipinski definition) is 4. The number of nitrogens with two attached hydrogens (primary N) is 1. The van der Waals surface area contributed by atoms with E-state index in [0.717, 1.165) is 22.3 Å². The zero-order valence-corrected chi connectivity index (χ0v) is 22.4. The Morgan fingerprint density at radius 3 is 2.34 bits per heavy atom. The summed E-state index contributed by atoms with van der Waals surface area (Å²) in [7, 11) is 0. The van der Waals surface area contributed by atoms with Crippen molar-refractivity contribution < 1.29 is 20.1 Å². The molecule has 3 heterocycles. The van der Waals surface area contributed by atoms with Gasteiger partial charge in [0.2, 0.25) is 11.4 Å². The maximum Gasteiger partial charge on any atom is 0.241 e. The molecule has 6 aromatic rings. The van der Waals surface area contributed by atoms with Gasteiger partial charge in [-0.1, -0.05) is 72.3 Å². The largest absolute Gasteiger partial charge is 0.383 e. The van der Waals surface area contributed by atoms with Gasteiger partial charge in [-0.3, -0.25) is 4.79 Å². The van der Waals surface area contributed by atoms with E-state index < -0.39 is 0 Å². The van der Waals surface area contributed by atoms with Crippen molar-refractivity contribution in [1.29, 1.82) is 0 Å². The number of aromatic nitrogens is 6. The van der Waals surface area contributed by atoms with Crippen molar-refractivity contribution in [2.75, 3.05) is 18.4 Å². The third-order valence-electron chi connectivity index (χ3n) is 6.56. The van der Waals surface area contributed by atoms with Crippen molar-refractivity contribution in [3.8, 4) is 22.5 Å². The van der Waals surface area contributed by atoms with Gasteiger partial charge in [-0.15, -0.1) is 10.2 Å². The summed E-state index contributed by atoms with van der Waals surface area (Å²) in [6.07, 6.45) is 0.646. The van der Waals surface area contributed by atoms with Crippen LogP contribution in [0.15, 0.2) is 77.4 Å². The van der Waals surface area contributed by atoms with Crippen LogP contribution in [0.1, 0.15) is 6.42 Å². The van der Waals surface area contributed by atoms with E-state index in [1.54, 1.807) is 12.1 Å². The highest BCUT2D eigenvalue weighted by molar-refractivity contribution is 6.38. The maximum atomic E-state index is 12.9. The molecule has 0 aliphatic heterocycles. The molecule has 41 heavy (non-hydrogen) atoms. The van der Waals surface area contributed by atoms with Gasteiger partial charge in [0.25, 0.3) is 0 Å². The number of carbonyl (C=O) groups excluding carboxylic acids is 1. The zero-order chi connectivity index (χ0) is 28.2. The molecule has 3 aromatic heterocycles. The number of hydrogen-bond acceptors (Lipinski definition) is 9. The van der Waals surface area contributed by atoms with E-state index in [1.165, 1.54) is 4.68 Å². The summed E-state index contributed by atoms with van der Waals surface area (Å²) in [5.41, 5.74) is 6.50. The summed E-state index contributed by atoms with van der Waals surface area (Å²) >= 11 is 6.90. The molecule has 6 rings (SSSR count). The highest BCUT2D eigenvalue weighted by Gasteiger charge is 2.22. The van der Waals surface area contributed by atoms with Crippen LogP contribution < -0.4 is 16.1 Å². The van der Waals surface area contributed by atoms with Crippen LogP contribution in [0.2, 0.25) is 5.02 Å². The van der Waals surface area contributed by atoms with E-state index in [1.807, 2.05) is 60.7 Å². The van der Waals surface area contributed by atoms with Crippen LogP contribution >= 0.6 is 11.6 Å². The first-order chi connectivity index (χ1) is 20.1. The van der Waals surface area contributed by atoms with Crippen molar-refractivity contribution in [2.45, 2.75) is 13.0 Å². The number of fused-ring (bicyclic) bond motifs is 2. The second-order valence-corrected chi connectivity index (χ2v) is 9.60. The van der Waals surface area contributed by atoms with E-state index in [0.29, 0.717) is 63.7 Å². The lowest BCUT2D eigenvalue weighted by Gasteiger charge is -2.08. The van der Waals surface area contributed by atoms with Crippen molar-refractivity contribution in [3.63, 3.8) is 0 Å². The van der Waals surface area contributed by atoms with Crippen LogP contribution in [0.4, 0.5) is 11.4 Å². The Morgan fingerprint density at radius 1 is 0.902 bits per heavy atom. The van der Waals surface area contributed by atoms with E-state index in [9.17, 15) is 10.0 Å². The van der Waals surface area contributed by atoms with Gasteiger partial charge in [0.15, 0.2) is 16.9 Å². The highest BCUT2D eigenvalue weighted by atomic mass is 35.5. The number of benzene rings is 3.